The molecule has 0 bridgehead atoms. The quantitative estimate of drug-likeness (QED) is 0.785. The van der Waals surface area contributed by atoms with E-state index >= 15 is 0 Å². The SMILES string of the molecule is [B]c1c(COC)cc2c(c1OCc1ccccc1)CCO2. The molecule has 0 aromatic heterocycles. The van der Waals surface area contributed by atoms with E-state index in [0.29, 0.717) is 25.3 Å². The molecule has 21 heavy (non-hydrogen) atoms. The minimum Gasteiger partial charge on any atom is -0.493 e. The number of ether oxygens (including phenoxy) is 3. The van der Waals surface area contributed by atoms with Crippen molar-refractivity contribution >= 4 is 13.3 Å². The van der Waals surface area contributed by atoms with Crippen LogP contribution >= 0.6 is 0 Å². The lowest BCUT2D eigenvalue weighted by Crippen LogP contribution is -2.17. The third-order valence-corrected chi connectivity index (χ3v) is 3.60. The molecule has 0 atom stereocenters. The second-order valence-corrected chi connectivity index (χ2v) is 5.06. The Morgan fingerprint density at radius 2 is 2.00 bits per heavy atom. The van der Waals surface area contributed by atoms with E-state index in [-0.39, 0.29) is 0 Å². The van der Waals surface area contributed by atoms with E-state index in [1.165, 1.54) is 0 Å². The van der Waals surface area contributed by atoms with E-state index < -0.39 is 0 Å². The van der Waals surface area contributed by atoms with Crippen LogP contribution in [0.25, 0.3) is 0 Å². The maximum absolute atomic E-state index is 6.25. The summed E-state index contributed by atoms with van der Waals surface area (Å²) in [5.74, 6) is 1.60. The Morgan fingerprint density at radius 3 is 2.76 bits per heavy atom. The van der Waals surface area contributed by atoms with Gasteiger partial charge in [-0.25, -0.2) is 0 Å². The second kappa shape index (κ2) is 6.23. The van der Waals surface area contributed by atoms with Crippen molar-refractivity contribution in [3.63, 3.8) is 0 Å². The first-order valence-electron chi connectivity index (χ1n) is 7.02. The minimum absolute atomic E-state index is 0.449. The van der Waals surface area contributed by atoms with E-state index in [1.54, 1.807) is 7.11 Å². The van der Waals surface area contributed by atoms with Crippen LogP contribution in [0.2, 0.25) is 0 Å². The summed E-state index contributed by atoms with van der Waals surface area (Å²) in [6.45, 7) is 1.62. The van der Waals surface area contributed by atoms with Crippen LogP contribution in [0.5, 0.6) is 11.5 Å². The molecule has 1 heterocycles. The average molecular weight is 280 g/mol. The zero-order chi connectivity index (χ0) is 14.7. The molecule has 0 fully saturated rings. The molecule has 0 spiro atoms. The molecule has 2 aromatic rings. The van der Waals surface area contributed by atoms with Crippen LogP contribution in [0.1, 0.15) is 16.7 Å². The fraction of sp³-hybridized carbons (Fsp3) is 0.294. The van der Waals surface area contributed by atoms with E-state index in [1.807, 2.05) is 36.4 Å². The van der Waals surface area contributed by atoms with Crippen LogP contribution in [-0.2, 0) is 24.4 Å². The first-order chi connectivity index (χ1) is 10.3. The molecule has 0 saturated carbocycles. The molecule has 0 N–H and O–H groups in total. The van der Waals surface area contributed by atoms with Crippen molar-refractivity contribution in [1.29, 1.82) is 0 Å². The molecule has 1 aliphatic rings. The Hall–Kier alpha value is -1.94. The zero-order valence-electron chi connectivity index (χ0n) is 12.1. The summed E-state index contributed by atoms with van der Waals surface area (Å²) in [7, 11) is 7.90. The van der Waals surface area contributed by atoms with Crippen LogP contribution in [0, 0.1) is 0 Å². The predicted octanol–water partition coefficient (Wildman–Crippen LogP) is 2.14. The molecule has 2 radical (unpaired) electrons. The molecule has 0 saturated heterocycles. The number of hydrogen-bond acceptors (Lipinski definition) is 3. The van der Waals surface area contributed by atoms with Gasteiger partial charge in [-0.1, -0.05) is 30.3 Å². The van der Waals surface area contributed by atoms with Gasteiger partial charge >= 0.3 is 0 Å². The molecule has 4 heteroatoms. The first kappa shape index (κ1) is 14.0. The lowest BCUT2D eigenvalue weighted by Gasteiger charge is -2.17. The maximum Gasteiger partial charge on any atom is 0.126 e. The van der Waals surface area contributed by atoms with Crippen molar-refractivity contribution in [2.45, 2.75) is 19.6 Å². The molecular formula is C17H17BO3. The molecule has 0 amide bonds. The van der Waals surface area contributed by atoms with Crippen molar-refractivity contribution in [2.24, 2.45) is 0 Å². The highest BCUT2D eigenvalue weighted by atomic mass is 16.5. The van der Waals surface area contributed by atoms with Crippen LogP contribution in [0.4, 0.5) is 0 Å². The van der Waals surface area contributed by atoms with Crippen molar-refractivity contribution in [3.05, 3.63) is 53.1 Å². The summed E-state index contributed by atoms with van der Waals surface area (Å²) < 4.78 is 16.8. The Bertz CT molecular complexity index is 626. The molecule has 0 aliphatic carbocycles. The summed E-state index contributed by atoms with van der Waals surface area (Å²) >= 11 is 0. The average Bonchev–Trinajstić information content (AvgIpc) is 2.96. The van der Waals surface area contributed by atoms with Crippen LogP contribution in [0.3, 0.4) is 0 Å². The predicted molar refractivity (Wildman–Crippen MR) is 82.5 cm³/mol. The van der Waals surface area contributed by atoms with Crippen LogP contribution < -0.4 is 14.9 Å². The Kier molecular flexibility index (Phi) is 4.16. The van der Waals surface area contributed by atoms with Crippen molar-refractivity contribution in [3.8, 4) is 11.5 Å². The fourth-order valence-electron chi connectivity index (χ4n) is 2.54. The van der Waals surface area contributed by atoms with E-state index in [4.69, 9.17) is 22.1 Å². The largest absolute Gasteiger partial charge is 0.493 e. The summed E-state index contributed by atoms with van der Waals surface area (Å²) in [6, 6.07) is 12.0. The molecule has 106 valence electrons. The molecule has 2 aromatic carbocycles. The van der Waals surface area contributed by atoms with Crippen LogP contribution in [0.15, 0.2) is 36.4 Å². The standard InChI is InChI=1S/C17H17BO3/c1-19-11-13-9-15-14(7-8-20-15)17(16(13)18)21-10-12-5-3-2-4-6-12/h2-6,9H,7-8,10-11H2,1H3. The smallest absolute Gasteiger partial charge is 0.126 e. The first-order valence-corrected chi connectivity index (χ1v) is 7.02. The van der Waals surface area contributed by atoms with Gasteiger partial charge in [0.25, 0.3) is 0 Å². The topological polar surface area (TPSA) is 27.7 Å². The number of rotatable bonds is 5. The highest BCUT2D eigenvalue weighted by molar-refractivity contribution is 6.35. The van der Waals surface area contributed by atoms with Gasteiger partial charge in [0.05, 0.1) is 13.2 Å². The molecular weight excluding hydrogens is 263 g/mol. The van der Waals surface area contributed by atoms with Crippen molar-refractivity contribution in [2.75, 3.05) is 13.7 Å². The van der Waals surface area contributed by atoms with Gasteiger partial charge in [-0.15, -0.1) is 0 Å². The normalized spacial score (nSPS) is 12.8. The molecule has 1 aliphatic heterocycles. The van der Waals surface area contributed by atoms with Gasteiger partial charge in [0.1, 0.15) is 26.0 Å². The van der Waals surface area contributed by atoms with Gasteiger partial charge in [-0.2, -0.15) is 0 Å². The number of fused-ring (bicyclic) bond motifs is 1. The van der Waals surface area contributed by atoms with Crippen LogP contribution in [-0.4, -0.2) is 21.6 Å². The lowest BCUT2D eigenvalue weighted by atomic mass is 9.87. The van der Waals surface area contributed by atoms with Gasteiger partial charge in [-0.3, -0.25) is 0 Å². The number of hydrogen-bond donors (Lipinski definition) is 0. The summed E-state index contributed by atoms with van der Waals surface area (Å²) in [5, 5.41) is 0. The molecule has 3 nitrogen and oxygen atoms in total. The fourth-order valence-corrected chi connectivity index (χ4v) is 2.54. The van der Waals surface area contributed by atoms with E-state index in [0.717, 1.165) is 34.6 Å². The van der Waals surface area contributed by atoms with E-state index in [9.17, 15) is 0 Å². The van der Waals surface area contributed by atoms with Gasteiger partial charge in [0, 0.05) is 19.1 Å². The summed E-state index contributed by atoms with van der Waals surface area (Å²) in [4.78, 5) is 0. The Morgan fingerprint density at radius 1 is 1.19 bits per heavy atom. The lowest BCUT2D eigenvalue weighted by molar-refractivity contribution is 0.185. The van der Waals surface area contributed by atoms with E-state index in [2.05, 4.69) is 0 Å². The highest BCUT2D eigenvalue weighted by Crippen LogP contribution is 2.34. The third-order valence-electron chi connectivity index (χ3n) is 3.60. The van der Waals surface area contributed by atoms with Crippen molar-refractivity contribution in [1.82, 2.24) is 0 Å². The van der Waals surface area contributed by atoms with Gasteiger partial charge < -0.3 is 14.2 Å². The Labute approximate surface area is 126 Å². The maximum atomic E-state index is 6.25. The minimum atomic E-state index is 0.449. The highest BCUT2D eigenvalue weighted by Gasteiger charge is 2.21. The van der Waals surface area contributed by atoms with Gasteiger partial charge in [0.15, 0.2) is 0 Å². The number of methoxy groups -OCH3 is 1. The Balaban J connectivity index is 1.89. The summed E-state index contributed by atoms with van der Waals surface area (Å²) in [5.41, 5.74) is 3.73. The van der Waals surface area contributed by atoms with Crippen molar-refractivity contribution < 1.29 is 14.2 Å². The zero-order valence-corrected chi connectivity index (χ0v) is 12.1. The van der Waals surface area contributed by atoms with Gasteiger partial charge in [0.2, 0.25) is 0 Å². The van der Waals surface area contributed by atoms with Gasteiger partial charge in [-0.05, 0) is 22.7 Å². The molecule has 3 rings (SSSR count). The number of benzene rings is 2. The monoisotopic (exact) mass is 280 g/mol. The third kappa shape index (κ3) is 2.90. The second-order valence-electron chi connectivity index (χ2n) is 5.06. The molecule has 0 unspecified atom stereocenters. The summed E-state index contributed by atoms with van der Waals surface area (Å²) in [6.07, 6.45) is 0.830.